The normalized spacial score (nSPS) is 25.4. The van der Waals surface area contributed by atoms with Crippen molar-refractivity contribution in [3.63, 3.8) is 0 Å². The van der Waals surface area contributed by atoms with Crippen molar-refractivity contribution in [3.8, 4) is 0 Å². The molecule has 102 valence electrons. The van der Waals surface area contributed by atoms with E-state index < -0.39 is 12.8 Å². The third-order valence-electron chi connectivity index (χ3n) is 3.21. The van der Waals surface area contributed by atoms with Gasteiger partial charge in [-0.05, 0) is 38.1 Å². The van der Waals surface area contributed by atoms with E-state index in [-0.39, 0.29) is 6.61 Å². The van der Waals surface area contributed by atoms with E-state index in [0.29, 0.717) is 12.0 Å². The Hall–Kier alpha value is -0.290. The summed E-state index contributed by atoms with van der Waals surface area (Å²) in [7, 11) is 0. The van der Waals surface area contributed by atoms with Gasteiger partial charge in [0, 0.05) is 12.6 Å². The number of nitrogens with one attached hydrogen (secondary N) is 1. The summed E-state index contributed by atoms with van der Waals surface area (Å²) in [6.45, 7) is 2.20. The van der Waals surface area contributed by atoms with Crippen LogP contribution in [0.25, 0.3) is 0 Å². The average Bonchev–Trinajstić information content (AvgIpc) is 2.67. The SMILES string of the molecule is CCCNC1CCCC1CCOCC(F)(F)F. The molecule has 0 amide bonds. The molecule has 2 atom stereocenters. The summed E-state index contributed by atoms with van der Waals surface area (Å²) in [6.07, 6.45) is 1.05. The van der Waals surface area contributed by atoms with Crippen molar-refractivity contribution in [2.75, 3.05) is 19.8 Å². The Kier molecular flexibility index (Phi) is 6.27. The third-order valence-corrected chi connectivity index (χ3v) is 3.21. The van der Waals surface area contributed by atoms with Gasteiger partial charge in [-0.2, -0.15) is 13.2 Å². The molecule has 2 nitrogen and oxygen atoms in total. The summed E-state index contributed by atoms with van der Waals surface area (Å²) in [5.41, 5.74) is 0. The van der Waals surface area contributed by atoms with Gasteiger partial charge in [0.05, 0.1) is 0 Å². The molecule has 0 aromatic carbocycles. The Morgan fingerprint density at radius 3 is 2.71 bits per heavy atom. The van der Waals surface area contributed by atoms with Crippen molar-refractivity contribution < 1.29 is 17.9 Å². The van der Waals surface area contributed by atoms with Crippen LogP contribution in [0.2, 0.25) is 0 Å². The fraction of sp³-hybridized carbons (Fsp3) is 1.00. The maximum absolute atomic E-state index is 11.9. The molecular weight excluding hydrogens is 231 g/mol. The third kappa shape index (κ3) is 6.27. The molecule has 1 aliphatic carbocycles. The molecule has 0 bridgehead atoms. The van der Waals surface area contributed by atoms with E-state index in [1.807, 2.05) is 0 Å². The van der Waals surface area contributed by atoms with Crippen LogP contribution in [0.5, 0.6) is 0 Å². The molecule has 0 aliphatic heterocycles. The Morgan fingerprint density at radius 2 is 2.06 bits per heavy atom. The van der Waals surface area contributed by atoms with Gasteiger partial charge in [-0.1, -0.05) is 13.3 Å². The van der Waals surface area contributed by atoms with Crippen LogP contribution < -0.4 is 5.32 Å². The molecule has 17 heavy (non-hydrogen) atoms. The van der Waals surface area contributed by atoms with Gasteiger partial charge in [-0.25, -0.2) is 0 Å². The van der Waals surface area contributed by atoms with Crippen molar-refractivity contribution in [2.45, 2.75) is 51.2 Å². The first-order valence-corrected chi connectivity index (χ1v) is 6.41. The fourth-order valence-corrected chi connectivity index (χ4v) is 2.40. The fourth-order valence-electron chi connectivity index (χ4n) is 2.40. The quantitative estimate of drug-likeness (QED) is 0.704. The minimum atomic E-state index is -4.20. The van der Waals surface area contributed by atoms with E-state index in [2.05, 4.69) is 17.0 Å². The minimum absolute atomic E-state index is 0.217. The van der Waals surface area contributed by atoms with Crippen molar-refractivity contribution in [2.24, 2.45) is 5.92 Å². The number of halogens is 3. The van der Waals surface area contributed by atoms with Gasteiger partial charge < -0.3 is 10.1 Å². The summed E-state index contributed by atoms with van der Waals surface area (Å²) in [5.74, 6) is 0.481. The molecule has 1 N–H and O–H groups in total. The summed E-state index contributed by atoms with van der Waals surface area (Å²) in [4.78, 5) is 0. The van der Waals surface area contributed by atoms with E-state index in [1.165, 1.54) is 6.42 Å². The maximum Gasteiger partial charge on any atom is 0.411 e. The molecule has 0 heterocycles. The topological polar surface area (TPSA) is 21.3 Å². The van der Waals surface area contributed by atoms with Gasteiger partial charge in [0.25, 0.3) is 0 Å². The molecule has 0 radical (unpaired) electrons. The van der Waals surface area contributed by atoms with Crippen LogP contribution in [0, 0.1) is 5.92 Å². The van der Waals surface area contributed by atoms with E-state index in [1.54, 1.807) is 0 Å². The van der Waals surface area contributed by atoms with Gasteiger partial charge in [-0.15, -0.1) is 0 Å². The van der Waals surface area contributed by atoms with Gasteiger partial charge in [0.1, 0.15) is 6.61 Å². The highest BCUT2D eigenvalue weighted by Gasteiger charge is 2.29. The zero-order valence-electron chi connectivity index (χ0n) is 10.4. The molecule has 0 aromatic rings. The predicted octanol–water partition coefficient (Wildman–Crippen LogP) is 3.12. The van der Waals surface area contributed by atoms with Crippen molar-refractivity contribution in [3.05, 3.63) is 0 Å². The first-order valence-electron chi connectivity index (χ1n) is 6.41. The Morgan fingerprint density at radius 1 is 1.29 bits per heavy atom. The van der Waals surface area contributed by atoms with Crippen LogP contribution in [0.1, 0.15) is 39.0 Å². The highest BCUT2D eigenvalue weighted by Crippen LogP contribution is 2.28. The lowest BCUT2D eigenvalue weighted by Gasteiger charge is -2.20. The lowest BCUT2D eigenvalue weighted by Crippen LogP contribution is -2.33. The Labute approximate surface area is 101 Å². The largest absolute Gasteiger partial charge is 0.411 e. The van der Waals surface area contributed by atoms with E-state index in [0.717, 1.165) is 32.2 Å². The van der Waals surface area contributed by atoms with Crippen LogP contribution in [0.15, 0.2) is 0 Å². The van der Waals surface area contributed by atoms with Gasteiger partial charge >= 0.3 is 6.18 Å². The lowest BCUT2D eigenvalue weighted by molar-refractivity contribution is -0.174. The molecule has 0 saturated heterocycles. The van der Waals surface area contributed by atoms with Crippen molar-refractivity contribution in [1.29, 1.82) is 0 Å². The molecule has 5 heteroatoms. The molecular formula is C12H22F3NO. The monoisotopic (exact) mass is 253 g/mol. The smallest absolute Gasteiger partial charge is 0.372 e. The summed E-state index contributed by atoms with van der Waals surface area (Å²) < 4.78 is 40.2. The van der Waals surface area contributed by atoms with Crippen LogP contribution in [-0.4, -0.2) is 32.0 Å². The second-order valence-corrected chi connectivity index (χ2v) is 4.71. The molecule has 1 fully saturated rings. The lowest BCUT2D eigenvalue weighted by atomic mass is 10.00. The van der Waals surface area contributed by atoms with E-state index >= 15 is 0 Å². The Bertz CT molecular complexity index is 208. The zero-order chi connectivity index (χ0) is 12.7. The van der Waals surface area contributed by atoms with Crippen molar-refractivity contribution >= 4 is 0 Å². The molecule has 1 rings (SSSR count). The molecule has 1 aliphatic rings. The first-order chi connectivity index (χ1) is 8.03. The van der Waals surface area contributed by atoms with E-state index in [9.17, 15) is 13.2 Å². The van der Waals surface area contributed by atoms with Crippen LogP contribution in [-0.2, 0) is 4.74 Å². The van der Waals surface area contributed by atoms with E-state index in [4.69, 9.17) is 0 Å². The van der Waals surface area contributed by atoms with Crippen LogP contribution in [0.4, 0.5) is 13.2 Å². The number of rotatable bonds is 7. The van der Waals surface area contributed by atoms with Crippen molar-refractivity contribution in [1.82, 2.24) is 5.32 Å². The second-order valence-electron chi connectivity index (χ2n) is 4.71. The van der Waals surface area contributed by atoms with Crippen LogP contribution >= 0.6 is 0 Å². The number of hydrogen-bond donors (Lipinski definition) is 1. The van der Waals surface area contributed by atoms with Gasteiger partial charge in [-0.3, -0.25) is 0 Å². The molecule has 2 unspecified atom stereocenters. The summed E-state index contributed by atoms with van der Waals surface area (Å²) in [5, 5.41) is 3.46. The second kappa shape index (κ2) is 7.21. The highest BCUT2D eigenvalue weighted by molar-refractivity contribution is 4.82. The molecule has 0 spiro atoms. The maximum atomic E-state index is 11.9. The average molecular weight is 253 g/mol. The first kappa shape index (κ1) is 14.8. The molecule has 1 saturated carbocycles. The standard InChI is InChI=1S/C12H22F3NO/c1-2-7-16-11-5-3-4-10(11)6-8-17-9-12(13,14)15/h10-11,16H,2-9H2,1H3. The minimum Gasteiger partial charge on any atom is -0.372 e. The number of ether oxygens (including phenoxy) is 1. The zero-order valence-corrected chi connectivity index (χ0v) is 10.4. The van der Waals surface area contributed by atoms with Crippen LogP contribution in [0.3, 0.4) is 0 Å². The number of alkyl halides is 3. The number of hydrogen-bond acceptors (Lipinski definition) is 2. The molecule has 0 aromatic heterocycles. The predicted molar refractivity (Wildman–Crippen MR) is 60.9 cm³/mol. The summed E-state index contributed by atoms with van der Waals surface area (Å²) >= 11 is 0. The van der Waals surface area contributed by atoms with Gasteiger partial charge in [0.15, 0.2) is 0 Å². The summed E-state index contributed by atoms with van der Waals surface area (Å²) in [6, 6.07) is 0.476. The Balaban J connectivity index is 2.13. The van der Waals surface area contributed by atoms with Gasteiger partial charge in [0.2, 0.25) is 0 Å². The highest BCUT2D eigenvalue weighted by atomic mass is 19.4.